The van der Waals surface area contributed by atoms with E-state index in [0.717, 1.165) is 121 Å². The number of furan rings is 1. The molecule has 2 aromatic heterocycles. The number of rotatable bonds is 6. The summed E-state index contributed by atoms with van der Waals surface area (Å²) in [5.41, 5.74) is 33.6. The Morgan fingerprint density at radius 2 is 0.761 bits per heavy atom. The molecule has 2 spiro atoms. The van der Waals surface area contributed by atoms with Crippen molar-refractivity contribution < 1.29 is 15.4 Å². The average molecular weight is 1410 g/mol. The molecule has 2 aliphatic heterocycles. The maximum absolute atomic E-state index is 9.98. The average Bonchev–Trinajstić information content (AvgIpc) is 1.57. The summed E-state index contributed by atoms with van der Waals surface area (Å²) in [5, 5.41) is 2.02. The van der Waals surface area contributed by atoms with E-state index in [1.54, 1.807) is 16.3 Å². The summed E-state index contributed by atoms with van der Waals surface area (Å²) in [4.78, 5) is 4.66. The first kappa shape index (κ1) is 52.5. The van der Waals surface area contributed by atoms with Gasteiger partial charge in [-0.05, 0) is 206 Å². The Bertz CT molecular complexity index is 7360. The normalized spacial score (nSPS) is 15.2. The molecule has 0 amide bonds. The minimum Gasteiger partial charge on any atom is -0.456 e. The Balaban J connectivity index is 0.840. The van der Waals surface area contributed by atoms with Gasteiger partial charge in [0, 0.05) is 59.5 Å². The Labute approximate surface area is 646 Å². The van der Waals surface area contributed by atoms with Crippen LogP contribution in [0.5, 0.6) is 0 Å². The van der Waals surface area contributed by atoms with Gasteiger partial charge in [0.2, 0.25) is 6.71 Å². The van der Waals surface area contributed by atoms with Crippen molar-refractivity contribution >= 4 is 95.7 Å². The molecule has 5 heteroatoms. The van der Waals surface area contributed by atoms with E-state index in [1.807, 2.05) is 24.3 Å². The van der Waals surface area contributed by atoms with E-state index in [0.29, 0.717) is 5.69 Å². The number of anilines is 3. The lowest BCUT2D eigenvalue weighted by molar-refractivity contribution is 0.669. The van der Waals surface area contributed by atoms with Gasteiger partial charge in [0.05, 0.1) is 38.5 Å². The molecule has 0 radical (unpaired) electrons. The van der Waals surface area contributed by atoms with E-state index in [9.17, 15) is 11.0 Å². The van der Waals surface area contributed by atoms with E-state index in [2.05, 4.69) is 302 Å². The molecule has 0 fully saturated rings. The van der Waals surface area contributed by atoms with Gasteiger partial charge in [-0.2, -0.15) is 0 Å². The third kappa shape index (κ3) is 7.88. The number of aromatic nitrogens is 1. The molecule has 6 aliphatic rings. The molecule has 0 bridgehead atoms. The third-order valence-corrected chi connectivity index (χ3v) is 25.9. The molecule has 109 heavy (non-hydrogen) atoms. The topological polar surface area (TPSA) is 21.3 Å². The van der Waals surface area contributed by atoms with Crippen LogP contribution < -0.4 is 21.3 Å². The fourth-order valence-electron chi connectivity index (χ4n) is 20.5. The fraction of sp³-hybridized carbons (Fsp3) is 0.0192. The van der Waals surface area contributed by atoms with E-state index >= 15 is 0 Å². The van der Waals surface area contributed by atoms with Gasteiger partial charge in [-0.1, -0.05) is 314 Å². The summed E-state index contributed by atoms with van der Waals surface area (Å²) in [7, 11) is 0. The molecule has 4 aliphatic carbocycles. The van der Waals surface area contributed by atoms with Crippen molar-refractivity contribution in [2.45, 2.75) is 20.6 Å². The van der Waals surface area contributed by atoms with E-state index in [-0.39, 0.29) is 33.9 Å². The third-order valence-electron chi connectivity index (χ3n) is 24.7. The van der Waals surface area contributed by atoms with Crippen molar-refractivity contribution in [2.24, 2.45) is 0 Å². The summed E-state index contributed by atoms with van der Waals surface area (Å²) in [6, 6.07) is 114. The van der Waals surface area contributed by atoms with Crippen LogP contribution in [-0.2, 0) is 10.8 Å². The van der Waals surface area contributed by atoms with Crippen LogP contribution in [0.2, 0.25) is 0 Å². The first-order chi connectivity index (χ1) is 57.4. The maximum Gasteiger partial charge on any atom is 0.249 e. The van der Waals surface area contributed by atoms with Gasteiger partial charge in [0.15, 0.2) is 0 Å². The van der Waals surface area contributed by atoms with Gasteiger partial charge in [0.25, 0.3) is 0 Å². The van der Waals surface area contributed by atoms with Crippen molar-refractivity contribution in [3.63, 3.8) is 0 Å². The minimum absolute atomic E-state index is 0.00645. The van der Waals surface area contributed by atoms with Crippen LogP contribution in [0.3, 0.4) is 0 Å². The van der Waals surface area contributed by atoms with E-state index < -0.39 is 53.8 Å². The summed E-state index contributed by atoms with van der Waals surface area (Å²) >= 11 is 1.78. The Kier molecular flexibility index (Phi) is 10.6. The summed E-state index contributed by atoms with van der Waals surface area (Å²) in [6.45, 7) is -0.422. The van der Waals surface area contributed by atoms with Gasteiger partial charge in [-0.25, -0.2) is 0 Å². The van der Waals surface area contributed by atoms with Gasteiger partial charge in [-0.15, -0.1) is 0 Å². The van der Waals surface area contributed by atoms with Crippen LogP contribution in [0.1, 0.15) is 55.5 Å². The van der Waals surface area contributed by atoms with Gasteiger partial charge >= 0.3 is 0 Å². The van der Waals surface area contributed by atoms with Crippen molar-refractivity contribution in [2.75, 3.05) is 4.90 Å². The molecule has 502 valence electrons. The predicted octanol–water partition coefficient (Wildman–Crippen LogP) is 24.8. The lowest BCUT2D eigenvalue weighted by atomic mass is 9.34. The van der Waals surface area contributed by atoms with Crippen molar-refractivity contribution in [3.8, 4) is 94.7 Å². The molecular formula is C104H61BN2OS. The minimum atomic E-state index is -0.700. The zero-order valence-corrected chi connectivity index (χ0v) is 59.2. The number of hydrogen-bond donors (Lipinski definition) is 0. The number of benzene rings is 17. The monoisotopic (exact) mass is 1400 g/mol. The zero-order chi connectivity index (χ0) is 77.9. The number of fused-ring (bicyclic) bond motifs is 30. The smallest absolute Gasteiger partial charge is 0.249 e. The van der Waals surface area contributed by atoms with Crippen LogP contribution in [0, 0.1) is 0 Å². The molecule has 0 N–H and O–H groups in total. The maximum atomic E-state index is 9.98. The SMILES string of the molecule is [2H]c1c([2H])c([2H])c2c(c1[2H])c1c([2H])c([2H])c([2H])c([2H])c1n2-c1ccc2c(c1)N(c1c(-c3ccc4c(c3)C3(c5ccccc5-c5ccccc53)c3ccccc3-4)cccc1-c1ccc3c(c1)C1(c4ccccc4-c4ccccc41)c1ccccc1-3)c1cc(-c3ccc4oc5ccccc5c4c3)cc3c1B2c1cc(-c2ccccc2)ccc1S3. The molecule has 0 atom stereocenters. The molecule has 4 heterocycles. The first-order valence-electron chi connectivity index (χ1n) is 41.3. The van der Waals surface area contributed by atoms with Crippen LogP contribution in [0.25, 0.3) is 138 Å². The molecule has 17 aromatic carbocycles. The zero-order valence-electron chi connectivity index (χ0n) is 66.4. The molecule has 19 aromatic rings. The number of nitrogens with zero attached hydrogens (tertiary/aromatic N) is 2. The largest absolute Gasteiger partial charge is 0.456 e. The van der Waals surface area contributed by atoms with Crippen LogP contribution in [0.15, 0.2) is 384 Å². The highest BCUT2D eigenvalue weighted by Gasteiger charge is 2.54. The molecule has 3 nitrogen and oxygen atoms in total. The summed E-state index contributed by atoms with van der Waals surface area (Å²) in [6.07, 6.45) is 0. The second-order valence-corrected chi connectivity index (χ2v) is 30.8. The fourth-order valence-corrected chi connectivity index (χ4v) is 21.6. The number of hydrogen-bond acceptors (Lipinski definition) is 3. The highest BCUT2D eigenvalue weighted by Crippen LogP contribution is 2.66. The Morgan fingerprint density at radius 1 is 0.294 bits per heavy atom. The lowest BCUT2D eigenvalue weighted by Gasteiger charge is -2.42. The molecule has 0 saturated heterocycles. The van der Waals surface area contributed by atoms with Gasteiger partial charge < -0.3 is 13.9 Å². The van der Waals surface area contributed by atoms with Gasteiger partial charge in [0.1, 0.15) is 11.2 Å². The van der Waals surface area contributed by atoms with E-state index in [4.69, 9.17) is 4.42 Å². The molecule has 25 rings (SSSR count). The predicted molar refractivity (Wildman–Crippen MR) is 452 cm³/mol. The van der Waals surface area contributed by atoms with Crippen molar-refractivity contribution in [1.29, 1.82) is 0 Å². The molecular weight excluding hydrogens is 1340 g/mol. The summed E-state index contributed by atoms with van der Waals surface area (Å²) in [5.74, 6) is 0. The highest BCUT2D eigenvalue weighted by molar-refractivity contribution is 8.00. The van der Waals surface area contributed by atoms with Crippen molar-refractivity contribution in [3.05, 3.63) is 414 Å². The first-order valence-corrected chi connectivity index (χ1v) is 38.1. The quantitative estimate of drug-likeness (QED) is 0.155. The Hall–Kier alpha value is -13.4. The van der Waals surface area contributed by atoms with Crippen LogP contribution in [-0.4, -0.2) is 11.3 Å². The van der Waals surface area contributed by atoms with Crippen LogP contribution in [0.4, 0.5) is 17.1 Å². The lowest BCUT2D eigenvalue weighted by Crippen LogP contribution is -2.60. The molecule has 0 unspecified atom stereocenters. The second kappa shape index (κ2) is 22.1. The Morgan fingerprint density at radius 3 is 1.33 bits per heavy atom. The summed E-state index contributed by atoms with van der Waals surface area (Å²) < 4.78 is 84.8. The van der Waals surface area contributed by atoms with Crippen molar-refractivity contribution in [1.82, 2.24) is 4.57 Å². The highest BCUT2D eigenvalue weighted by atomic mass is 32.2. The number of para-hydroxylation sites is 4. The molecule has 0 saturated carbocycles. The second-order valence-electron chi connectivity index (χ2n) is 29.7. The van der Waals surface area contributed by atoms with Gasteiger partial charge in [-0.3, -0.25) is 0 Å². The van der Waals surface area contributed by atoms with E-state index in [1.165, 1.54) is 77.9 Å². The standard InChI is InChI=1S/C104H61BN2OS/c1-2-23-62(24-3-1)64-48-54-99-92(58-64)105-91-52-49-68(106-93-42-19-10-31-79(93)80-32-11-20-43-94(80)106)61-95(91)107(96-59-67(60-100(109-99)101(96)105)63-47-53-98-82(55-63)81-33-12-21-44-97(81)108-98)102-69(65-45-50-77-75-29-8-17-40-87(75)103(89(77)56-65)83-36-13-4-25-71(83)72-26-5-14-37-84(72)103)34-22-35-70(102)66-46-51-78-76-30-9-18-41-88(76)104(90(78)57-66)85-38-15-6-27-73(85)74-28-7-16-39-86(74)104/h1-61H/i10D,11D,19D,20D,31D,32D,42D,43D. The van der Waals surface area contributed by atoms with Crippen LogP contribution >= 0.6 is 11.8 Å².